The van der Waals surface area contributed by atoms with E-state index >= 15 is 0 Å². The van der Waals surface area contributed by atoms with Crippen LogP contribution in [0.1, 0.15) is 24.2 Å². The van der Waals surface area contributed by atoms with E-state index in [0.29, 0.717) is 15.4 Å². The van der Waals surface area contributed by atoms with Gasteiger partial charge in [-0.05, 0) is 35.0 Å². The first kappa shape index (κ1) is 12.9. The lowest BCUT2D eigenvalue weighted by Crippen LogP contribution is -2.47. The monoisotopic (exact) mass is 314 g/mol. The van der Waals surface area contributed by atoms with Crippen molar-refractivity contribution in [2.45, 2.75) is 25.1 Å². The van der Waals surface area contributed by atoms with Crippen LogP contribution in [0.3, 0.4) is 0 Å². The summed E-state index contributed by atoms with van der Waals surface area (Å²) < 4.78 is 0.704. The molecule has 0 aliphatic carbocycles. The highest BCUT2D eigenvalue weighted by molar-refractivity contribution is 9.10. The minimum Gasteiger partial charge on any atom is -0.334 e. The summed E-state index contributed by atoms with van der Waals surface area (Å²) in [7, 11) is 0. The van der Waals surface area contributed by atoms with Gasteiger partial charge in [0.2, 0.25) is 0 Å². The molecule has 1 aromatic heterocycles. The lowest BCUT2D eigenvalue weighted by Gasteiger charge is -2.37. The van der Waals surface area contributed by atoms with Crippen LogP contribution in [-0.2, 0) is 0 Å². The van der Waals surface area contributed by atoms with Crippen molar-refractivity contribution < 1.29 is 4.79 Å². The molecule has 92 valence electrons. The molecule has 1 aliphatic rings. The lowest BCUT2D eigenvalue weighted by molar-refractivity contribution is 0.0698. The zero-order valence-corrected chi connectivity index (χ0v) is 12.3. The molecular formula is C12H15BrN2OS. The van der Waals surface area contributed by atoms with Crippen molar-refractivity contribution in [1.82, 2.24) is 9.88 Å². The highest BCUT2D eigenvalue weighted by atomic mass is 79.9. The number of thioether (sulfide) groups is 1. The molecule has 0 saturated carbocycles. The Kier molecular flexibility index (Phi) is 4.09. The van der Waals surface area contributed by atoms with E-state index in [9.17, 15) is 4.79 Å². The van der Waals surface area contributed by atoms with E-state index in [2.05, 4.69) is 34.8 Å². The molecule has 0 spiro atoms. The largest absolute Gasteiger partial charge is 0.334 e. The number of hydrogen-bond acceptors (Lipinski definition) is 3. The maximum absolute atomic E-state index is 12.4. The highest BCUT2D eigenvalue weighted by Crippen LogP contribution is 2.25. The second-order valence-electron chi connectivity index (χ2n) is 4.18. The molecule has 1 saturated heterocycles. The van der Waals surface area contributed by atoms with E-state index < -0.39 is 0 Å². The van der Waals surface area contributed by atoms with E-state index in [1.807, 2.05) is 16.7 Å². The second kappa shape index (κ2) is 5.40. The Bertz CT molecular complexity index is 427. The van der Waals surface area contributed by atoms with Crippen LogP contribution in [0.5, 0.6) is 0 Å². The first-order chi connectivity index (χ1) is 8.09. The van der Waals surface area contributed by atoms with Gasteiger partial charge in [-0.2, -0.15) is 11.8 Å². The minimum absolute atomic E-state index is 0.104. The number of carbonyl (C=O) groups is 1. The molecule has 2 heterocycles. The molecular weight excluding hydrogens is 300 g/mol. The Labute approximate surface area is 114 Å². The topological polar surface area (TPSA) is 33.2 Å². The van der Waals surface area contributed by atoms with Crippen LogP contribution in [0, 0.1) is 0 Å². The predicted molar refractivity (Wildman–Crippen MR) is 74.4 cm³/mol. The van der Waals surface area contributed by atoms with Crippen LogP contribution in [0.25, 0.3) is 0 Å². The van der Waals surface area contributed by atoms with Crippen molar-refractivity contribution in [3.63, 3.8) is 0 Å². The van der Waals surface area contributed by atoms with Crippen molar-refractivity contribution in [2.24, 2.45) is 0 Å². The van der Waals surface area contributed by atoms with Crippen molar-refractivity contribution in [2.75, 3.05) is 12.3 Å². The van der Waals surface area contributed by atoms with Crippen LogP contribution < -0.4 is 0 Å². The molecule has 2 rings (SSSR count). The molecule has 0 N–H and O–H groups in total. The van der Waals surface area contributed by atoms with Crippen molar-refractivity contribution in [1.29, 1.82) is 0 Å². The molecule has 0 bridgehead atoms. The zero-order chi connectivity index (χ0) is 12.4. The lowest BCUT2D eigenvalue weighted by atomic mass is 10.1. The van der Waals surface area contributed by atoms with Gasteiger partial charge in [-0.25, -0.2) is 4.98 Å². The third kappa shape index (κ3) is 2.83. The molecule has 0 radical (unpaired) electrons. The fourth-order valence-electron chi connectivity index (χ4n) is 1.92. The van der Waals surface area contributed by atoms with Gasteiger partial charge in [-0.3, -0.25) is 4.79 Å². The maximum Gasteiger partial charge on any atom is 0.254 e. The van der Waals surface area contributed by atoms with Gasteiger partial charge in [-0.15, -0.1) is 0 Å². The number of rotatable bonds is 1. The molecule has 0 aromatic carbocycles. The Morgan fingerprint density at radius 3 is 3.06 bits per heavy atom. The number of amides is 1. The van der Waals surface area contributed by atoms with Crippen molar-refractivity contribution in [3.8, 4) is 0 Å². The summed E-state index contributed by atoms with van der Waals surface area (Å²) >= 11 is 5.23. The Morgan fingerprint density at radius 2 is 2.35 bits per heavy atom. The van der Waals surface area contributed by atoms with E-state index in [1.165, 1.54) is 0 Å². The fourth-order valence-corrected chi connectivity index (χ4v) is 3.39. The quantitative estimate of drug-likeness (QED) is 0.747. The Balaban J connectivity index is 2.19. The summed E-state index contributed by atoms with van der Waals surface area (Å²) in [6.45, 7) is 5.12. The molecule has 17 heavy (non-hydrogen) atoms. The van der Waals surface area contributed by atoms with Crippen LogP contribution in [0.2, 0.25) is 0 Å². The normalized spacial score (nSPS) is 24.8. The van der Waals surface area contributed by atoms with Gasteiger partial charge in [0, 0.05) is 35.3 Å². The van der Waals surface area contributed by atoms with Gasteiger partial charge >= 0.3 is 0 Å². The first-order valence-corrected chi connectivity index (χ1v) is 7.48. The van der Waals surface area contributed by atoms with Gasteiger partial charge in [0.1, 0.15) is 4.60 Å². The smallest absolute Gasteiger partial charge is 0.254 e. The van der Waals surface area contributed by atoms with Gasteiger partial charge in [0.05, 0.1) is 0 Å². The minimum atomic E-state index is 0.104. The molecule has 2 atom stereocenters. The SMILES string of the molecule is CC1SCCN(C(=O)c2ccnc(Br)c2)C1C. The van der Waals surface area contributed by atoms with Crippen LogP contribution in [0.15, 0.2) is 22.9 Å². The molecule has 1 amide bonds. The summed E-state index contributed by atoms with van der Waals surface area (Å²) in [6.07, 6.45) is 1.66. The van der Waals surface area contributed by atoms with Gasteiger partial charge in [0.15, 0.2) is 0 Å². The summed E-state index contributed by atoms with van der Waals surface area (Å²) in [5.41, 5.74) is 0.706. The number of nitrogens with zero attached hydrogens (tertiary/aromatic N) is 2. The average molecular weight is 315 g/mol. The molecule has 1 aliphatic heterocycles. The van der Waals surface area contributed by atoms with Crippen LogP contribution in [-0.4, -0.2) is 39.4 Å². The molecule has 1 aromatic rings. The van der Waals surface area contributed by atoms with E-state index in [4.69, 9.17) is 0 Å². The van der Waals surface area contributed by atoms with E-state index in [1.54, 1.807) is 18.3 Å². The third-order valence-corrected chi connectivity index (χ3v) is 4.89. The predicted octanol–water partition coefficient (Wildman–Crippen LogP) is 2.81. The molecule has 1 fully saturated rings. The second-order valence-corrected chi connectivity index (χ2v) is 6.48. The summed E-state index contributed by atoms with van der Waals surface area (Å²) in [5, 5.41) is 0.498. The summed E-state index contributed by atoms with van der Waals surface area (Å²) in [4.78, 5) is 18.4. The number of hydrogen-bond donors (Lipinski definition) is 0. The molecule has 2 unspecified atom stereocenters. The Hall–Kier alpha value is -0.550. The first-order valence-electron chi connectivity index (χ1n) is 5.63. The highest BCUT2D eigenvalue weighted by Gasteiger charge is 2.29. The van der Waals surface area contributed by atoms with Gasteiger partial charge in [-0.1, -0.05) is 6.92 Å². The number of halogens is 1. The fraction of sp³-hybridized carbons (Fsp3) is 0.500. The van der Waals surface area contributed by atoms with Crippen LogP contribution in [0.4, 0.5) is 0 Å². The molecule has 3 nitrogen and oxygen atoms in total. The van der Waals surface area contributed by atoms with Gasteiger partial charge < -0.3 is 4.90 Å². The number of carbonyl (C=O) groups excluding carboxylic acids is 1. The summed E-state index contributed by atoms with van der Waals surface area (Å²) in [5.74, 6) is 1.12. The summed E-state index contributed by atoms with van der Waals surface area (Å²) in [6, 6.07) is 3.83. The van der Waals surface area contributed by atoms with Crippen molar-refractivity contribution >= 4 is 33.6 Å². The Morgan fingerprint density at radius 1 is 1.59 bits per heavy atom. The standard InChI is InChI=1S/C12H15BrN2OS/c1-8-9(2)17-6-5-15(8)12(16)10-3-4-14-11(13)7-10/h3-4,7-9H,5-6H2,1-2H3. The third-order valence-electron chi connectivity index (χ3n) is 3.12. The number of pyridine rings is 1. The number of aromatic nitrogens is 1. The molecule has 5 heteroatoms. The van der Waals surface area contributed by atoms with E-state index in [0.717, 1.165) is 12.3 Å². The van der Waals surface area contributed by atoms with E-state index in [-0.39, 0.29) is 11.9 Å². The van der Waals surface area contributed by atoms with Crippen molar-refractivity contribution in [3.05, 3.63) is 28.5 Å². The van der Waals surface area contributed by atoms with Gasteiger partial charge in [0.25, 0.3) is 5.91 Å². The zero-order valence-electron chi connectivity index (χ0n) is 9.89. The average Bonchev–Trinajstić information content (AvgIpc) is 2.32. The maximum atomic E-state index is 12.4. The van der Waals surface area contributed by atoms with Crippen LogP contribution >= 0.6 is 27.7 Å².